The maximum absolute atomic E-state index is 14.9. The summed E-state index contributed by atoms with van der Waals surface area (Å²) in [6, 6.07) is 3.93. The van der Waals surface area contributed by atoms with Crippen LogP contribution in [-0.2, 0) is 11.8 Å². The number of aryl methyl sites for hydroxylation is 1. The van der Waals surface area contributed by atoms with E-state index in [4.69, 9.17) is 9.47 Å². The lowest BCUT2D eigenvalue weighted by Gasteiger charge is -2.32. The zero-order chi connectivity index (χ0) is 26.2. The van der Waals surface area contributed by atoms with E-state index in [1.807, 2.05) is 4.90 Å². The number of rotatable bonds is 4. The second-order valence-electron chi connectivity index (χ2n) is 10.7. The topological polar surface area (TPSA) is 93.5 Å². The van der Waals surface area contributed by atoms with Gasteiger partial charge in [0.25, 0.3) is 5.56 Å². The van der Waals surface area contributed by atoms with Gasteiger partial charge in [0.05, 0.1) is 35.7 Å². The molecule has 2 N–H and O–H groups in total. The minimum Gasteiger partial charge on any atom is -0.480 e. The second-order valence-corrected chi connectivity index (χ2v) is 10.7. The number of alkyl halides is 2. The maximum Gasteiger partial charge on any atom is 0.301 e. The third-order valence-electron chi connectivity index (χ3n) is 7.93. The molecule has 200 valence electrons. The molecule has 12 heteroatoms. The quantitative estimate of drug-likeness (QED) is 0.529. The van der Waals surface area contributed by atoms with Crippen molar-refractivity contribution in [1.29, 1.82) is 0 Å². The van der Waals surface area contributed by atoms with Crippen LogP contribution in [0.2, 0.25) is 0 Å². The van der Waals surface area contributed by atoms with Crippen molar-refractivity contribution in [2.24, 2.45) is 13.0 Å². The zero-order valence-corrected chi connectivity index (χ0v) is 20.7. The first-order valence-corrected chi connectivity index (χ1v) is 12.9. The molecule has 0 amide bonds. The van der Waals surface area contributed by atoms with Crippen molar-refractivity contribution in [2.45, 2.75) is 49.9 Å². The molecule has 2 bridgehead atoms. The number of halogens is 3. The average Bonchev–Trinajstić information content (AvgIpc) is 3.69. The Bertz CT molecular complexity index is 1480. The number of anilines is 4. The molecule has 0 radical (unpaired) electrons. The molecule has 1 saturated carbocycles. The molecule has 3 atom stereocenters. The Kier molecular flexibility index (Phi) is 5.26. The summed E-state index contributed by atoms with van der Waals surface area (Å²) in [4.78, 5) is 23.6. The molecule has 1 aliphatic carbocycles. The van der Waals surface area contributed by atoms with Crippen LogP contribution in [0, 0.1) is 11.7 Å². The van der Waals surface area contributed by atoms with Crippen molar-refractivity contribution in [3.05, 3.63) is 40.6 Å². The number of nitrogens with one attached hydrogen (secondary N) is 2. The molecule has 7 rings (SSSR count). The smallest absolute Gasteiger partial charge is 0.301 e. The van der Waals surface area contributed by atoms with Crippen LogP contribution in [0.25, 0.3) is 10.9 Å². The van der Waals surface area contributed by atoms with Gasteiger partial charge in [-0.05, 0) is 49.8 Å². The molecule has 2 aromatic heterocycles. The Morgan fingerprint density at radius 2 is 1.92 bits per heavy atom. The van der Waals surface area contributed by atoms with E-state index >= 15 is 0 Å². The van der Waals surface area contributed by atoms with E-state index in [9.17, 15) is 18.0 Å². The number of hydrogen-bond acceptors (Lipinski definition) is 8. The Morgan fingerprint density at radius 1 is 1.16 bits per heavy atom. The van der Waals surface area contributed by atoms with E-state index in [2.05, 4.69) is 20.6 Å². The van der Waals surface area contributed by atoms with Gasteiger partial charge in [0.1, 0.15) is 0 Å². The fraction of sp³-hybridized carbons (Fsp3) is 0.500. The number of pyridine rings is 1. The predicted octanol–water partition coefficient (Wildman–Crippen LogP) is 3.80. The van der Waals surface area contributed by atoms with Crippen molar-refractivity contribution in [1.82, 2.24) is 14.5 Å². The number of aromatic nitrogens is 3. The van der Waals surface area contributed by atoms with Gasteiger partial charge in [-0.2, -0.15) is 4.98 Å². The number of morpholine rings is 1. The molecule has 0 spiro atoms. The summed E-state index contributed by atoms with van der Waals surface area (Å²) in [6.07, 6.45) is 4.75. The molecule has 2 saturated heterocycles. The summed E-state index contributed by atoms with van der Waals surface area (Å²) in [6.45, 7) is 0.428. The lowest BCUT2D eigenvalue weighted by Crippen LogP contribution is -2.44. The van der Waals surface area contributed by atoms with E-state index in [0.29, 0.717) is 48.5 Å². The van der Waals surface area contributed by atoms with Crippen LogP contribution in [0.4, 0.5) is 36.3 Å². The van der Waals surface area contributed by atoms with Crippen LogP contribution in [0.15, 0.2) is 29.2 Å². The van der Waals surface area contributed by atoms with Crippen LogP contribution in [-0.4, -0.2) is 58.4 Å². The predicted molar refractivity (Wildman–Crippen MR) is 135 cm³/mol. The molecule has 3 fully saturated rings. The first-order valence-electron chi connectivity index (χ1n) is 12.9. The lowest BCUT2D eigenvalue weighted by molar-refractivity contribution is -0.0579. The van der Waals surface area contributed by atoms with E-state index < -0.39 is 29.9 Å². The average molecular weight is 529 g/mol. The monoisotopic (exact) mass is 528 g/mol. The normalized spacial score (nSPS) is 25.9. The zero-order valence-electron chi connectivity index (χ0n) is 20.7. The first kappa shape index (κ1) is 23.6. The highest BCUT2D eigenvalue weighted by atomic mass is 19.3. The fourth-order valence-electron chi connectivity index (χ4n) is 5.80. The standard InChI is InChI=1S/C26H27F3N6O3/c1-34-19-7-4-14(31-23-18(27)9-30-25(33-23)35-10-15-5-6-16(11-35)38-15)8-17(19)20-21(24(34)36)37-12-26(28,29)22(32-20)13-2-3-13/h4,7-9,13,15-16,22,32H,2-3,5-6,10-12H2,1H3,(H,30,31,33)/t15-,16+,22-/m0/s1. The Hall–Kier alpha value is -3.54. The Morgan fingerprint density at radius 3 is 2.66 bits per heavy atom. The van der Waals surface area contributed by atoms with Crippen LogP contribution < -0.4 is 25.8 Å². The first-order chi connectivity index (χ1) is 18.3. The summed E-state index contributed by atoms with van der Waals surface area (Å²) < 4.78 is 57.2. The summed E-state index contributed by atoms with van der Waals surface area (Å²) in [7, 11) is 1.56. The highest BCUT2D eigenvalue weighted by Gasteiger charge is 2.51. The Labute approximate surface area is 216 Å². The van der Waals surface area contributed by atoms with E-state index in [0.717, 1.165) is 19.0 Å². The van der Waals surface area contributed by atoms with Crippen LogP contribution in [0.1, 0.15) is 25.7 Å². The van der Waals surface area contributed by atoms with Gasteiger partial charge in [-0.15, -0.1) is 0 Å². The highest BCUT2D eigenvalue weighted by Crippen LogP contribution is 2.45. The van der Waals surface area contributed by atoms with Gasteiger partial charge in [0.15, 0.2) is 18.2 Å². The molecular weight excluding hydrogens is 501 g/mol. The van der Waals surface area contributed by atoms with Crippen LogP contribution >= 0.6 is 0 Å². The van der Waals surface area contributed by atoms with Crippen molar-refractivity contribution in [3.63, 3.8) is 0 Å². The van der Waals surface area contributed by atoms with Gasteiger partial charge >= 0.3 is 5.92 Å². The molecular formula is C26H27F3N6O3. The molecule has 4 aliphatic rings. The minimum absolute atomic E-state index is 0.00398. The van der Waals surface area contributed by atoms with Crippen LogP contribution in [0.5, 0.6) is 5.75 Å². The van der Waals surface area contributed by atoms with Gasteiger partial charge < -0.3 is 29.6 Å². The largest absolute Gasteiger partial charge is 0.480 e. The third-order valence-corrected chi connectivity index (χ3v) is 7.93. The minimum atomic E-state index is -3.13. The van der Waals surface area contributed by atoms with Crippen molar-refractivity contribution < 1.29 is 22.6 Å². The summed E-state index contributed by atoms with van der Waals surface area (Å²) >= 11 is 0. The molecule has 9 nitrogen and oxygen atoms in total. The molecule has 38 heavy (non-hydrogen) atoms. The van der Waals surface area contributed by atoms with E-state index in [1.165, 1.54) is 4.57 Å². The fourth-order valence-corrected chi connectivity index (χ4v) is 5.80. The molecule has 0 unspecified atom stereocenters. The SMILES string of the molecule is Cn1c(=O)c2c(c3cc(Nc4nc(N5C[C@H]6CC[C@@H](C5)O6)ncc4F)ccc31)N[C@@H](C1CC1)C(F)(F)CO2. The molecule has 3 aromatic rings. The number of fused-ring (bicyclic) bond motifs is 5. The van der Waals surface area contributed by atoms with Crippen molar-refractivity contribution in [2.75, 3.05) is 35.2 Å². The van der Waals surface area contributed by atoms with Crippen molar-refractivity contribution in [3.8, 4) is 5.75 Å². The number of ether oxygens (including phenoxy) is 2. The van der Waals surface area contributed by atoms with Gasteiger partial charge in [-0.3, -0.25) is 4.79 Å². The van der Waals surface area contributed by atoms with Gasteiger partial charge in [-0.25, -0.2) is 18.2 Å². The summed E-state index contributed by atoms with van der Waals surface area (Å²) in [5.74, 6) is -3.68. The van der Waals surface area contributed by atoms with Gasteiger partial charge in [-0.1, -0.05) is 0 Å². The second kappa shape index (κ2) is 8.48. The van der Waals surface area contributed by atoms with Crippen molar-refractivity contribution >= 4 is 34.0 Å². The summed E-state index contributed by atoms with van der Waals surface area (Å²) in [5, 5.41) is 6.48. The van der Waals surface area contributed by atoms with E-state index in [-0.39, 0.29) is 35.4 Å². The molecule has 5 heterocycles. The Balaban J connectivity index is 1.26. The van der Waals surface area contributed by atoms with E-state index in [1.54, 1.807) is 25.2 Å². The highest BCUT2D eigenvalue weighted by molar-refractivity contribution is 5.97. The van der Waals surface area contributed by atoms with Gasteiger partial charge in [0, 0.05) is 31.2 Å². The number of nitrogens with zero attached hydrogens (tertiary/aromatic N) is 4. The summed E-state index contributed by atoms with van der Waals surface area (Å²) in [5.41, 5.74) is 0.736. The molecule has 3 aliphatic heterocycles. The number of hydrogen-bond donors (Lipinski definition) is 2. The number of benzene rings is 1. The van der Waals surface area contributed by atoms with Crippen LogP contribution in [0.3, 0.4) is 0 Å². The maximum atomic E-state index is 14.9. The van der Waals surface area contributed by atoms with Gasteiger partial charge in [0.2, 0.25) is 11.7 Å². The lowest BCUT2D eigenvalue weighted by atomic mass is 10.0. The third kappa shape index (κ3) is 3.93. The molecule has 1 aromatic carbocycles.